The first-order chi connectivity index (χ1) is 6.77. The molecule has 1 aromatic rings. The zero-order valence-electron chi connectivity index (χ0n) is 8.98. The highest BCUT2D eigenvalue weighted by atomic mass is 14.9. The third kappa shape index (κ3) is 0.992. The molecule has 0 saturated heterocycles. The summed E-state index contributed by atoms with van der Waals surface area (Å²) in [4.78, 5) is 0. The molecule has 3 rings (SSSR count). The lowest BCUT2D eigenvalue weighted by atomic mass is 9.83. The zero-order valence-corrected chi connectivity index (χ0v) is 8.98. The van der Waals surface area contributed by atoms with Crippen LogP contribution in [0.4, 0.5) is 0 Å². The number of aryl methyl sites for hydroxylation is 2. The lowest BCUT2D eigenvalue weighted by molar-refractivity contribution is 0.497. The predicted molar refractivity (Wildman–Crippen MR) is 58.4 cm³/mol. The maximum Gasteiger partial charge on any atom is 0.0329 e. The predicted octanol–water partition coefficient (Wildman–Crippen LogP) is 2.78. The van der Waals surface area contributed by atoms with Crippen molar-refractivity contribution >= 4 is 0 Å². The number of hydrogen-bond donors (Lipinski definition) is 1. The van der Waals surface area contributed by atoms with E-state index in [0.29, 0.717) is 6.04 Å². The molecule has 0 bridgehead atoms. The van der Waals surface area contributed by atoms with Gasteiger partial charge in [-0.3, -0.25) is 0 Å². The SMILES string of the molecule is Cc1cc(C)c2c3c1CCCC3NC2. The van der Waals surface area contributed by atoms with Crippen LogP contribution in [0.25, 0.3) is 0 Å². The van der Waals surface area contributed by atoms with Gasteiger partial charge in [0.1, 0.15) is 0 Å². The molecule has 1 heterocycles. The first-order valence-electron chi connectivity index (χ1n) is 5.62. The molecule has 1 N–H and O–H groups in total. The van der Waals surface area contributed by atoms with Crippen molar-refractivity contribution in [2.24, 2.45) is 0 Å². The van der Waals surface area contributed by atoms with E-state index in [0.717, 1.165) is 6.54 Å². The molecule has 0 fully saturated rings. The Morgan fingerprint density at radius 1 is 1.21 bits per heavy atom. The summed E-state index contributed by atoms with van der Waals surface area (Å²) in [7, 11) is 0. The summed E-state index contributed by atoms with van der Waals surface area (Å²) < 4.78 is 0. The minimum Gasteiger partial charge on any atom is -0.306 e. The van der Waals surface area contributed by atoms with Gasteiger partial charge in [-0.25, -0.2) is 0 Å². The standard InChI is InChI=1S/C13H17N/c1-8-6-9(2)11-7-14-12-5-3-4-10(8)13(11)12/h6,12,14H,3-5,7H2,1-2H3. The van der Waals surface area contributed by atoms with E-state index in [1.165, 1.54) is 30.4 Å². The van der Waals surface area contributed by atoms with Crippen molar-refractivity contribution in [1.82, 2.24) is 5.32 Å². The van der Waals surface area contributed by atoms with Gasteiger partial charge in [-0.1, -0.05) is 6.07 Å². The van der Waals surface area contributed by atoms with Gasteiger partial charge in [-0.15, -0.1) is 0 Å². The monoisotopic (exact) mass is 187 g/mol. The van der Waals surface area contributed by atoms with E-state index in [4.69, 9.17) is 0 Å². The van der Waals surface area contributed by atoms with E-state index in [9.17, 15) is 0 Å². The van der Waals surface area contributed by atoms with E-state index in [2.05, 4.69) is 25.2 Å². The van der Waals surface area contributed by atoms with E-state index in [-0.39, 0.29) is 0 Å². The normalized spacial score (nSPS) is 23.7. The van der Waals surface area contributed by atoms with Crippen molar-refractivity contribution in [3.05, 3.63) is 33.9 Å². The van der Waals surface area contributed by atoms with Crippen LogP contribution in [0.15, 0.2) is 6.07 Å². The van der Waals surface area contributed by atoms with Crippen molar-refractivity contribution in [3.8, 4) is 0 Å². The molecular formula is C13H17N. The van der Waals surface area contributed by atoms with Gasteiger partial charge in [-0.05, 0) is 60.9 Å². The fourth-order valence-corrected chi connectivity index (χ4v) is 3.15. The summed E-state index contributed by atoms with van der Waals surface area (Å²) >= 11 is 0. The highest BCUT2D eigenvalue weighted by molar-refractivity contribution is 5.50. The van der Waals surface area contributed by atoms with Crippen LogP contribution in [0.5, 0.6) is 0 Å². The van der Waals surface area contributed by atoms with Gasteiger partial charge in [0.15, 0.2) is 0 Å². The number of rotatable bonds is 0. The molecule has 1 nitrogen and oxygen atoms in total. The Kier molecular flexibility index (Phi) is 1.72. The van der Waals surface area contributed by atoms with Gasteiger partial charge in [0, 0.05) is 12.6 Å². The zero-order chi connectivity index (χ0) is 9.71. The van der Waals surface area contributed by atoms with Crippen molar-refractivity contribution in [1.29, 1.82) is 0 Å². The molecule has 14 heavy (non-hydrogen) atoms. The van der Waals surface area contributed by atoms with Crippen LogP contribution >= 0.6 is 0 Å². The Morgan fingerprint density at radius 2 is 2.00 bits per heavy atom. The molecule has 74 valence electrons. The molecule has 1 aromatic carbocycles. The Bertz CT molecular complexity index is 393. The summed E-state index contributed by atoms with van der Waals surface area (Å²) in [6, 6.07) is 3.04. The maximum absolute atomic E-state index is 3.63. The van der Waals surface area contributed by atoms with Gasteiger partial charge >= 0.3 is 0 Å². The lowest BCUT2D eigenvalue weighted by Crippen LogP contribution is -2.17. The molecule has 1 aliphatic carbocycles. The molecule has 0 saturated carbocycles. The van der Waals surface area contributed by atoms with Crippen molar-refractivity contribution < 1.29 is 0 Å². The van der Waals surface area contributed by atoms with E-state index >= 15 is 0 Å². The van der Waals surface area contributed by atoms with E-state index < -0.39 is 0 Å². The molecule has 1 unspecified atom stereocenters. The third-order valence-corrected chi connectivity index (χ3v) is 3.83. The number of hydrogen-bond acceptors (Lipinski definition) is 1. The summed E-state index contributed by atoms with van der Waals surface area (Å²) in [6.07, 6.45) is 3.99. The van der Waals surface area contributed by atoms with Gasteiger partial charge in [0.2, 0.25) is 0 Å². The van der Waals surface area contributed by atoms with Crippen LogP contribution < -0.4 is 5.32 Å². The summed E-state index contributed by atoms with van der Waals surface area (Å²) in [6.45, 7) is 5.61. The Labute approximate surface area is 85.5 Å². The van der Waals surface area contributed by atoms with Gasteiger partial charge in [0.05, 0.1) is 0 Å². The maximum atomic E-state index is 3.63. The van der Waals surface area contributed by atoms with Crippen LogP contribution in [-0.4, -0.2) is 0 Å². The van der Waals surface area contributed by atoms with E-state index in [1.54, 1.807) is 16.7 Å². The first kappa shape index (κ1) is 8.49. The smallest absolute Gasteiger partial charge is 0.0329 e. The fraction of sp³-hybridized carbons (Fsp3) is 0.538. The molecule has 1 atom stereocenters. The van der Waals surface area contributed by atoms with Crippen LogP contribution in [-0.2, 0) is 13.0 Å². The van der Waals surface area contributed by atoms with Crippen LogP contribution in [0.1, 0.15) is 46.7 Å². The Morgan fingerprint density at radius 3 is 2.86 bits per heavy atom. The molecule has 0 amide bonds. The Hall–Kier alpha value is -0.820. The minimum atomic E-state index is 0.673. The van der Waals surface area contributed by atoms with Gasteiger partial charge in [0.25, 0.3) is 0 Å². The van der Waals surface area contributed by atoms with Gasteiger partial charge < -0.3 is 5.32 Å². The molecule has 2 aliphatic rings. The van der Waals surface area contributed by atoms with Crippen LogP contribution in [0.3, 0.4) is 0 Å². The van der Waals surface area contributed by atoms with Crippen molar-refractivity contribution in [2.45, 2.75) is 45.7 Å². The van der Waals surface area contributed by atoms with Crippen molar-refractivity contribution in [3.63, 3.8) is 0 Å². The second kappa shape index (κ2) is 2.83. The first-order valence-corrected chi connectivity index (χ1v) is 5.62. The Balaban J connectivity index is 2.30. The third-order valence-electron chi connectivity index (χ3n) is 3.83. The topological polar surface area (TPSA) is 12.0 Å². The van der Waals surface area contributed by atoms with E-state index in [1.807, 2.05) is 0 Å². The molecule has 0 radical (unpaired) electrons. The average Bonchev–Trinajstić information content (AvgIpc) is 2.59. The van der Waals surface area contributed by atoms with Crippen LogP contribution in [0, 0.1) is 13.8 Å². The minimum absolute atomic E-state index is 0.673. The molecular weight excluding hydrogens is 170 g/mol. The van der Waals surface area contributed by atoms with Crippen molar-refractivity contribution in [2.75, 3.05) is 0 Å². The van der Waals surface area contributed by atoms with Crippen LogP contribution in [0.2, 0.25) is 0 Å². The summed E-state index contributed by atoms with van der Waals surface area (Å²) in [5.41, 5.74) is 7.89. The molecule has 1 aliphatic heterocycles. The average molecular weight is 187 g/mol. The summed E-state index contributed by atoms with van der Waals surface area (Å²) in [5.74, 6) is 0. The second-order valence-corrected chi connectivity index (χ2v) is 4.71. The number of nitrogens with one attached hydrogen (secondary N) is 1. The molecule has 0 aromatic heterocycles. The molecule has 0 spiro atoms. The summed E-state index contributed by atoms with van der Waals surface area (Å²) in [5, 5.41) is 3.63. The lowest BCUT2D eigenvalue weighted by Gasteiger charge is -2.24. The largest absolute Gasteiger partial charge is 0.306 e. The second-order valence-electron chi connectivity index (χ2n) is 4.71. The quantitative estimate of drug-likeness (QED) is 0.658. The fourth-order valence-electron chi connectivity index (χ4n) is 3.15. The molecule has 1 heteroatoms. The number of benzene rings is 1. The van der Waals surface area contributed by atoms with Gasteiger partial charge in [-0.2, -0.15) is 0 Å². The highest BCUT2D eigenvalue weighted by Crippen LogP contribution is 2.39. The highest BCUT2D eigenvalue weighted by Gasteiger charge is 2.29.